The third-order valence-corrected chi connectivity index (χ3v) is 4.74. The van der Waals surface area contributed by atoms with Crippen molar-refractivity contribution in [3.8, 4) is 0 Å². The molecular weight excluding hydrogens is 240 g/mol. The van der Waals surface area contributed by atoms with Crippen LogP contribution in [0.5, 0.6) is 0 Å². The predicted octanol–water partition coefficient (Wildman–Crippen LogP) is 2.29. The van der Waals surface area contributed by atoms with Crippen LogP contribution >= 0.6 is 0 Å². The minimum atomic E-state index is -0.737. The van der Waals surface area contributed by atoms with E-state index in [9.17, 15) is 5.11 Å². The summed E-state index contributed by atoms with van der Waals surface area (Å²) in [5.41, 5.74) is 6.94. The normalized spacial score (nSPS) is 39.2. The van der Waals surface area contributed by atoms with E-state index < -0.39 is 5.60 Å². The molecule has 0 amide bonds. The lowest BCUT2D eigenvalue weighted by Crippen LogP contribution is -2.52. The zero-order valence-electron chi connectivity index (χ0n) is 11.5. The highest BCUT2D eigenvalue weighted by Gasteiger charge is 2.51. The number of hydrogen-bond acceptors (Lipinski definition) is 4. The Bertz CT molecular complexity index is 471. The Labute approximate surface area is 114 Å². The first-order chi connectivity index (χ1) is 9.00. The van der Waals surface area contributed by atoms with Crippen LogP contribution in [0.1, 0.15) is 44.8 Å². The second kappa shape index (κ2) is 4.46. The largest absolute Gasteiger partial charge is 0.397 e. The van der Waals surface area contributed by atoms with Crippen molar-refractivity contribution >= 4 is 5.69 Å². The number of nitrogens with two attached hydrogens (primary N) is 1. The van der Waals surface area contributed by atoms with Gasteiger partial charge in [0.2, 0.25) is 0 Å². The second-order valence-corrected chi connectivity index (χ2v) is 6.25. The monoisotopic (exact) mass is 262 g/mol. The van der Waals surface area contributed by atoms with Gasteiger partial charge in [-0.25, -0.2) is 0 Å². The molecule has 1 saturated heterocycles. The van der Waals surface area contributed by atoms with Gasteiger partial charge in [-0.15, -0.1) is 0 Å². The fraction of sp³-hybridized carbons (Fsp3) is 0.667. The van der Waals surface area contributed by atoms with Crippen LogP contribution in [0, 0.1) is 11.8 Å². The molecular formula is C15H22N2O2. The Morgan fingerprint density at radius 3 is 2.84 bits per heavy atom. The van der Waals surface area contributed by atoms with Crippen LogP contribution in [0.25, 0.3) is 0 Å². The van der Waals surface area contributed by atoms with Crippen LogP contribution in [0.15, 0.2) is 18.5 Å². The van der Waals surface area contributed by atoms with Crippen molar-refractivity contribution in [2.24, 2.45) is 11.8 Å². The van der Waals surface area contributed by atoms with Crippen molar-refractivity contribution in [3.05, 3.63) is 24.0 Å². The number of anilines is 1. The van der Waals surface area contributed by atoms with E-state index in [1.807, 2.05) is 13.0 Å². The fourth-order valence-electron chi connectivity index (χ4n) is 3.11. The fourth-order valence-corrected chi connectivity index (χ4v) is 3.11. The zero-order chi connectivity index (χ0) is 13.6. The first-order valence-electron chi connectivity index (χ1n) is 7.07. The topological polar surface area (TPSA) is 68.4 Å². The molecule has 1 aliphatic carbocycles. The number of aromatic nitrogens is 1. The van der Waals surface area contributed by atoms with Crippen molar-refractivity contribution in [2.75, 3.05) is 5.73 Å². The summed E-state index contributed by atoms with van der Waals surface area (Å²) in [5.74, 6) is 0.702. The number of rotatable bonds is 2. The van der Waals surface area contributed by atoms with E-state index in [1.165, 1.54) is 0 Å². The summed E-state index contributed by atoms with van der Waals surface area (Å²) in [5, 5.41) is 10.7. The molecule has 1 aromatic heterocycles. The molecule has 0 bridgehead atoms. The molecule has 4 heteroatoms. The molecule has 1 aliphatic heterocycles. The maximum atomic E-state index is 10.7. The van der Waals surface area contributed by atoms with Crippen LogP contribution < -0.4 is 5.73 Å². The summed E-state index contributed by atoms with van der Waals surface area (Å²) in [6, 6.07) is 1.93. The molecule has 1 saturated carbocycles. The summed E-state index contributed by atoms with van der Waals surface area (Å²) >= 11 is 0. The van der Waals surface area contributed by atoms with Gasteiger partial charge >= 0.3 is 0 Å². The summed E-state index contributed by atoms with van der Waals surface area (Å²) in [6.45, 7) is 4.01. The van der Waals surface area contributed by atoms with E-state index in [2.05, 4.69) is 11.9 Å². The van der Waals surface area contributed by atoms with Crippen LogP contribution in [0.4, 0.5) is 5.69 Å². The average Bonchev–Trinajstić information content (AvgIpc) is 3.17. The van der Waals surface area contributed by atoms with E-state index in [1.54, 1.807) is 12.4 Å². The molecule has 4 nitrogen and oxygen atoms in total. The van der Waals surface area contributed by atoms with Crippen molar-refractivity contribution in [1.29, 1.82) is 0 Å². The van der Waals surface area contributed by atoms with Crippen LogP contribution in [0.2, 0.25) is 0 Å². The smallest absolute Gasteiger partial charge is 0.0909 e. The second-order valence-electron chi connectivity index (χ2n) is 6.25. The number of nitrogens with zero attached hydrogens (tertiary/aromatic N) is 1. The lowest BCUT2D eigenvalue weighted by Gasteiger charge is -2.46. The molecule has 0 aromatic carbocycles. The van der Waals surface area contributed by atoms with Crippen LogP contribution in [-0.4, -0.2) is 21.8 Å². The number of pyridine rings is 1. The Hall–Kier alpha value is -1.13. The third-order valence-electron chi connectivity index (χ3n) is 4.74. The van der Waals surface area contributed by atoms with Gasteiger partial charge in [-0.05, 0) is 44.1 Å². The van der Waals surface area contributed by atoms with E-state index >= 15 is 0 Å². The van der Waals surface area contributed by atoms with Gasteiger partial charge in [0, 0.05) is 11.8 Å². The molecule has 3 rings (SSSR count). The lowest BCUT2D eigenvalue weighted by atomic mass is 9.76. The first-order valence-corrected chi connectivity index (χ1v) is 7.07. The average molecular weight is 262 g/mol. The van der Waals surface area contributed by atoms with Gasteiger partial charge < -0.3 is 15.6 Å². The molecule has 19 heavy (non-hydrogen) atoms. The van der Waals surface area contributed by atoms with Crippen molar-refractivity contribution in [2.45, 2.75) is 50.9 Å². The predicted molar refractivity (Wildman–Crippen MR) is 73.4 cm³/mol. The van der Waals surface area contributed by atoms with E-state index in [0.29, 0.717) is 11.6 Å². The summed E-state index contributed by atoms with van der Waals surface area (Å²) in [7, 11) is 0. The van der Waals surface area contributed by atoms with Crippen molar-refractivity contribution in [3.63, 3.8) is 0 Å². The van der Waals surface area contributed by atoms with E-state index in [0.717, 1.165) is 24.8 Å². The maximum absolute atomic E-state index is 10.7. The van der Waals surface area contributed by atoms with E-state index in [-0.39, 0.29) is 18.1 Å². The highest BCUT2D eigenvalue weighted by atomic mass is 16.5. The molecule has 3 N–H and O–H groups in total. The van der Waals surface area contributed by atoms with Gasteiger partial charge in [-0.3, -0.25) is 4.98 Å². The quantitative estimate of drug-likeness (QED) is 0.858. The molecule has 1 aromatic rings. The number of aliphatic hydroxyl groups is 1. The number of hydrogen-bond donors (Lipinski definition) is 2. The minimum absolute atomic E-state index is 0.0242. The first kappa shape index (κ1) is 12.9. The van der Waals surface area contributed by atoms with Crippen molar-refractivity contribution < 1.29 is 9.84 Å². The Kier molecular flexibility index (Phi) is 3.02. The van der Waals surface area contributed by atoms with Gasteiger partial charge in [0.1, 0.15) is 0 Å². The summed E-state index contributed by atoms with van der Waals surface area (Å²) in [4.78, 5) is 4.02. The van der Waals surface area contributed by atoms with Gasteiger partial charge in [-0.1, -0.05) is 6.92 Å². The van der Waals surface area contributed by atoms with Gasteiger partial charge in [0.25, 0.3) is 0 Å². The molecule has 104 valence electrons. The van der Waals surface area contributed by atoms with Gasteiger partial charge in [0.15, 0.2) is 0 Å². The van der Waals surface area contributed by atoms with Crippen LogP contribution in [-0.2, 0) is 4.74 Å². The molecule has 2 fully saturated rings. The zero-order valence-corrected chi connectivity index (χ0v) is 11.5. The Morgan fingerprint density at radius 1 is 1.47 bits per heavy atom. The summed E-state index contributed by atoms with van der Waals surface area (Å²) in [6.07, 6.45) is 6.43. The highest BCUT2D eigenvalue weighted by Crippen LogP contribution is 2.49. The van der Waals surface area contributed by atoms with Gasteiger partial charge in [0.05, 0.1) is 29.7 Å². The molecule has 4 atom stereocenters. The number of nitrogen functional groups attached to an aromatic ring is 1. The maximum Gasteiger partial charge on any atom is 0.0909 e. The molecule has 0 radical (unpaired) electrons. The number of ether oxygens (including phenoxy) is 1. The minimum Gasteiger partial charge on any atom is -0.397 e. The Balaban J connectivity index is 1.87. The standard InChI is InChI=1S/C15H22N2O2/c1-9-7-13(11-5-6-17-8-12(11)16)19-14(10-3-4-10)15(9,2)18/h5-6,8-10,13-14,18H,3-4,7,16H2,1-2H3/t9-,13-,14-,15+/m0/s1. The third kappa shape index (κ3) is 2.23. The van der Waals surface area contributed by atoms with Crippen molar-refractivity contribution in [1.82, 2.24) is 4.98 Å². The molecule has 2 heterocycles. The molecule has 2 aliphatic rings. The van der Waals surface area contributed by atoms with E-state index in [4.69, 9.17) is 10.5 Å². The molecule has 0 spiro atoms. The Morgan fingerprint density at radius 2 is 2.21 bits per heavy atom. The SMILES string of the molecule is C[C@H]1C[C@@H](c2ccncc2N)O[C@@H](C2CC2)[C@]1(C)O. The summed E-state index contributed by atoms with van der Waals surface area (Å²) < 4.78 is 6.21. The molecule has 0 unspecified atom stereocenters. The lowest BCUT2D eigenvalue weighted by molar-refractivity contribution is -0.203. The van der Waals surface area contributed by atoms with Gasteiger partial charge in [-0.2, -0.15) is 0 Å². The van der Waals surface area contributed by atoms with Crippen LogP contribution in [0.3, 0.4) is 0 Å². The highest BCUT2D eigenvalue weighted by molar-refractivity contribution is 5.45.